The summed E-state index contributed by atoms with van der Waals surface area (Å²) >= 11 is 23.5. The van der Waals surface area contributed by atoms with Gasteiger partial charge in [-0.3, -0.25) is 19.8 Å². The molecule has 2 heterocycles. The van der Waals surface area contributed by atoms with E-state index in [9.17, 15) is 9.59 Å². The predicted molar refractivity (Wildman–Crippen MR) is 123 cm³/mol. The van der Waals surface area contributed by atoms with Crippen LogP contribution in [0.15, 0.2) is 66.4 Å². The number of amides is 2. The number of nitrogens with one attached hydrogen (secondary N) is 1. The van der Waals surface area contributed by atoms with Crippen molar-refractivity contribution in [2.75, 3.05) is 4.90 Å². The number of thiocarbonyl (C=S) groups is 1. The van der Waals surface area contributed by atoms with Crippen molar-refractivity contribution in [2.24, 2.45) is 0 Å². The lowest BCUT2D eigenvalue weighted by atomic mass is 10.1. The Hall–Kier alpha value is -2.64. The molecule has 1 fully saturated rings. The van der Waals surface area contributed by atoms with Gasteiger partial charge in [-0.15, -0.1) is 0 Å². The molecular formula is C21H12Cl3N3O2S. The molecule has 1 aromatic heterocycles. The van der Waals surface area contributed by atoms with E-state index in [-0.39, 0.29) is 26.4 Å². The quantitative estimate of drug-likeness (QED) is 0.318. The first-order valence-electron chi connectivity index (χ1n) is 8.65. The first kappa shape index (κ1) is 20.6. The largest absolute Gasteiger partial charge is 0.317 e. The van der Waals surface area contributed by atoms with Crippen LogP contribution in [0.4, 0.5) is 5.69 Å². The summed E-state index contributed by atoms with van der Waals surface area (Å²) in [6.07, 6.45) is 3.32. The van der Waals surface area contributed by atoms with Crippen LogP contribution in [0.25, 0.3) is 11.8 Å². The van der Waals surface area contributed by atoms with E-state index >= 15 is 0 Å². The van der Waals surface area contributed by atoms with Gasteiger partial charge in [0.05, 0.1) is 15.7 Å². The molecular weight excluding hydrogens is 465 g/mol. The Morgan fingerprint density at radius 3 is 2.40 bits per heavy atom. The topological polar surface area (TPSA) is 54.3 Å². The van der Waals surface area contributed by atoms with Gasteiger partial charge in [-0.05, 0) is 66.8 Å². The van der Waals surface area contributed by atoms with Crippen LogP contribution in [0.3, 0.4) is 0 Å². The zero-order valence-corrected chi connectivity index (χ0v) is 18.2. The normalized spacial score (nSPS) is 15.6. The molecule has 0 spiro atoms. The van der Waals surface area contributed by atoms with Crippen molar-refractivity contribution in [3.8, 4) is 5.69 Å². The summed E-state index contributed by atoms with van der Waals surface area (Å²) < 4.78 is 1.83. The molecule has 0 atom stereocenters. The number of carbonyl (C=O) groups is 2. The number of anilines is 1. The second kappa shape index (κ2) is 8.24. The Bertz CT molecular complexity index is 1220. The second-order valence-electron chi connectivity index (χ2n) is 6.31. The summed E-state index contributed by atoms with van der Waals surface area (Å²) in [5.74, 6) is -1.19. The van der Waals surface area contributed by atoms with Crippen molar-refractivity contribution >= 4 is 75.7 Å². The first-order chi connectivity index (χ1) is 14.4. The molecule has 3 aromatic rings. The predicted octanol–water partition coefficient (Wildman–Crippen LogP) is 5.27. The minimum Gasteiger partial charge on any atom is -0.317 e. The Kier molecular flexibility index (Phi) is 5.66. The Labute approximate surface area is 192 Å². The molecule has 2 amide bonds. The van der Waals surface area contributed by atoms with Crippen LogP contribution in [-0.2, 0) is 9.59 Å². The Morgan fingerprint density at radius 2 is 1.67 bits per heavy atom. The second-order valence-corrected chi connectivity index (χ2v) is 7.92. The number of nitrogens with zero attached hydrogens (tertiary/aromatic N) is 2. The lowest BCUT2D eigenvalue weighted by molar-refractivity contribution is -0.122. The highest BCUT2D eigenvalue weighted by atomic mass is 35.5. The van der Waals surface area contributed by atoms with E-state index in [1.165, 1.54) is 6.08 Å². The molecule has 1 aliphatic rings. The molecule has 30 heavy (non-hydrogen) atoms. The molecule has 2 aromatic carbocycles. The van der Waals surface area contributed by atoms with Gasteiger partial charge in [-0.2, -0.15) is 0 Å². The van der Waals surface area contributed by atoms with Gasteiger partial charge in [0.2, 0.25) is 0 Å². The number of halogens is 3. The monoisotopic (exact) mass is 475 g/mol. The lowest BCUT2D eigenvalue weighted by Crippen LogP contribution is -2.54. The molecule has 9 heteroatoms. The molecule has 0 saturated carbocycles. The molecule has 0 bridgehead atoms. The van der Waals surface area contributed by atoms with E-state index in [1.54, 1.807) is 36.4 Å². The first-order valence-corrected chi connectivity index (χ1v) is 10.2. The van der Waals surface area contributed by atoms with Crippen molar-refractivity contribution in [3.63, 3.8) is 0 Å². The van der Waals surface area contributed by atoms with Crippen molar-refractivity contribution < 1.29 is 9.59 Å². The number of rotatable bonds is 3. The molecule has 1 aliphatic heterocycles. The van der Waals surface area contributed by atoms with Gasteiger partial charge < -0.3 is 4.57 Å². The molecule has 1 N–H and O–H groups in total. The van der Waals surface area contributed by atoms with Gasteiger partial charge in [-0.1, -0.05) is 40.9 Å². The summed E-state index contributed by atoms with van der Waals surface area (Å²) in [6.45, 7) is 0. The van der Waals surface area contributed by atoms with Crippen molar-refractivity contribution in [3.05, 3.63) is 87.1 Å². The van der Waals surface area contributed by atoms with Gasteiger partial charge in [0, 0.05) is 22.6 Å². The van der Waals surface area contributed by atoms with E-state index < -0.39 is 11.8 Å². The molecule has 150 valence electrons. The van der Waals surface area contributed by atoms with Crippen LogP contribution in [0.2, 0.25) is 15.1 Å². The van der Waals surface area contributed by atoms with Crippen LogP contribution in [-0.4, -0.2) is 21.5 Å². The minimum absolute atomic E-state index is 0.0700. The number of aromatic nitrogens is 1. The molecule has 5 nitrogen and oxygen atoms in total. The zero-order valence-electron chi connectivity index (χ0n) is 15.1. The number of hydrogen-bond donors (Lipinski definition) is 1. The zero-order chi connectivity index (χ0) is 21.4. The van der Waals surface area contributed by atoms with E-state index in [0.717, 1.165) is 10.6 Å². The van der Waals surface area contributed by atoms with Gasteiger partial charge >= 0.3 is 0 Å². The van der Waals surface area contributed by atoms with Crippen LogP contribution in [0, 0.1) is 0 Å². The van der Waals surface area contributed by atoms with E-state index in [2.05, 4.69) is 5.32 Å². The van der Waals surface area contributed by atoms with E-state index in [1.807, 2.05) is 29.0 Å². The number of hydrogen-bond acceptors (Lipinski definition) is 3. The smallest absolute Gasteiger partial charge is 0.270 e. The highest BCUT2D eigenvalue weighted by Gasteiger charge is 2.35. The van der Waals surface area contributed by atoms with Gasteiger partial charge in [-0.25, -0.2) is 0 Å². The standard InChI is InChI=1S/C21H12Cl3N3O2S/c22-12-6-8-13(9-7-12)26-10-2-3-14(26)11-15-19(28)25-21(30)27(20(15)29)17-5-1-4-16(23)18(17)24/h1-11H,(H,25,28,30)/b15-11+. The summed E-state index contributed by atoms with van der Waals surface area (Å²) in [5, 5.41) is 3.50. The Balaban J connectivity index is 1.77. The SMILES string of the molecule is O=C1NC(=S)N(c2cccc(Cl)c2Cl)C(=O)/C1=C/c1cccn1-c1ccc(Cl)cc1. The maximum Gasteiger partial charge on any atom is 0.270 e. The number of benzene rings is 2. The summed E-state index contributed by atoms with van der Waals surface area (Å²) in [5.41, 5.74) is 1.65. The highest BCUT2D eigenvalue weighted by molar-refractivity contribution is 7.80. The van der Waals surface area contributed by atoms with E-state index in [0.29, 0.717) is 10.7 Å². The minimum atomic E-state index is -0.600. The van der Waals surface area contributed by atoms with Gasteiger partial charge in [0.15, 0.2) is 5.11 Å². The highest BCUT2D eigenvalue weighted by Crippen LogP contribution is 2.34. The molecule has 4 rings (SSSR count). The summed E-state index contributed by atoms with van der Waals surface area (Å²) in [6, 6.07) is 15.6. The maximum atomic E-state index is 13.2. The lowest BCUT2D eigenvalue weighted by Gasteiger charge is -2.29. The Morgan fingerprint density at radius 1 is 0.933 bits per heavy atom. The fourth-order valence-electron chi connectivity index (χ4n) is 3.04. The van der Waals surface area contributed by atoms with Crippen molar-refractivity contribution in [2.45, 2.75) is 0 Å². The maximum absolute atomic E-state index is 13.2. The average molecular weight is 477 g/mol. The van der Waals surface area contributed by atoms with Crippen molar-refractivity contribution in [1.82, 2.24) is 9.88 Å². The molecule has 0 radical (unpaired) electrons. The third-order valence-corrected chi connectivity index (χ3v) is 5.80. The average Bonchev–Trinajstić information content (AvgIpc) is 3.17. The van der Waals surface area contributed by atoms with E-state index in [4.69, 9.17) is 47.0 Å². The molecule has 1 saturated heterocycles. The van der Waals surface area contributed by atoms with Crippen LogP contribution in [0.5, 0.6) is 0 Å². The fourth-order valence-corrected chi connectivity index (χ4v) is 3.82. The summed E-state index contributed by atoms with van der Waals surface area (Å²) in [4.78, 5) is 26.9. The van der Waals surface area contributed by atoms with Crippen LogP contribution < -0.4 is 10.2 Å². The third-order valence-electron chi connectivity index (χ3n) is 4.45. The fraction of sp³-hybridized carbons (Fsp3) is 0. The van der Waals surface area contributed by atoms with Gasteiger partial charge in [0.25, 0.3) is 11.8 Å². The van der Waals surface area contributed by atoms with Crippen molar-refractivity contribution in [1.29, 1.82) is 0 Å². The molecule has 0 unspecified atom stereocenters. The number of carbonyl (C=O) groups excluding carboxylic acids is 2. The third kappa shape index (κ3) is 3.75. The summed E-state index contributed by atoms with van der Waals surface area (Å²) in [7, 11) is 0. The van der Waals surface area contributed by atoms with Gasteiger partial charge in [0.1, 0.15) is 5.57 Å². The van der Waals surface area contributed by atoms with Crippen LogP contribution >= 0.6 is 47.0 Å². The van der Waals surface area contributed by atoms with Crippen LogP contribution in [0.1, 0.15) is 5.69 Å². The molecule has 0 aliphatic carbocycles.